The molecule has 116 valence electrons. The summed E-state index contributed by atoms with van der Waals surface area (Å²) in [6, 6.07) is -0.0110. The smallest absolute Gasteiger partial charge is 0.212 e. The summed E-state index contributed by atoms with van der Waals surface area (Å²) in [5.41, 5.74) is 0. The number of nitrogens with one attached hydrogen (secondary N) is 1. The summed E-state index contributed by atoms with van der Waals surface area (Å²) >= 11 is 5.65. The van der Waals surface area contributed by atoms with Crippen molar-refractivity contribution < 1.29 is 8.42 Å². The van der Waals surface area contributed by atoms with Gasteiger partial charge in [0.25, 0.3) is 0 Å². The van der Waals surface area contributed by atoms with Crippen molar-refractivity contribution in [2.45, 2.75) is 46.6 Å². The number of sulfonamides is 1. The lowest BCUT2D eigenvalue weighted by Crippen LogP contribution is -2.36. The fraction of sp³-hybridized carbons (Fsp3) is 1.00. The average Bonchev–Trinajstić information content (AvgIpc) is 2.33. The lowest BCUT2D eigenvalue weighted by Gasteiger charge is -2.20. The molecule has 1 N–H and O–H groups in total. The van der Waals surface area contributed by atoms with E-state index in [-0.39, 0.29) is 17.7 Å². The molecule has 0 saturated carbocycles. The number of rotatable bonds is 11. The van der Waals surface area contributed by atoms with Crippen LogP contribution in [-0.2, 0) is 10.0 Å². The third kappa shape index (κ3) is 9.66. The molecule has 0 aromatic rings. The molecule has 0 heterocycles. The van der Waals surface area contributed by atoms with Crippen molar-refractivity contribution in [1.82, 2.24) is 9.62 Å². The van der Waals surface area contributed by atoms with E-state index < -0.39 is 10.0 Å². The van der Waals surface area contributed by atoms with Crippen LogP contribution >= 0.6 is 11.6 Å². The highest BCUT2D eigenvalue weighted by atomic mass is 35.5. The minimum absolute atomic E-state index is 0.0110. The lowest BCUT2D eigenvalue weighted by molar-refractivity contribution is 0.293. The Labute approximate surface area is 123 Å². The predicted octanol–water partition coefficient (Wildman–Crippen LogP) is 2.29. The molecular formula is C13H29ClN2O2S. The molecular weight excluding hydrogens is 284 g/mol. The van der Waals surface area contributed by atoms with Crippen LogP contribution in [0.15, 0.2) is 0 Å². The van der Waals surface area contributed by atoms with Gasteiger partial charge < -0.3 is 4.90 Å². The van der Waals surface area contributed by atoms with Crippen LogP contribution in [0.3, 0.4) is 0 Å². The maximum atomic E-state index is 11.8. The van der Waals surface area contributed by atoms with E-state index in [0.29, 0.717) is 5.88 Å². The third-order valence-corrected chi connectivity index (χ3v) is 5.45. The van der Waals surface area contributed by atoms with Crippen LogP contribution in [0.2, 0.25) is 0 Å². The molecule has 0 fully saturated rings. The molecule has 6 heteroatoms. The van der Waals surface area contributed by atoms with E-state index in [2.05, 4.69) is 23.5 Å². The molecule has 0 aliphatic rings. The van der Waals surface area contributed by atoms with Gasteiger partial charge >= 0.3 is 0 Å². The van der Waals surface area contributed by atoms with Gasteiger partial charge in [-0.2, -0.15) is 0 Å². The van der Waals surface area contributed by atoms with Gasteiger partial charge in [-0.15, -0.1) is 11.6 Å². The minimum atomic E-state index is -3.20. The largest absolute Gasteiger partial charge is 0.304 e. The van der Waals surface area contributed by atoms with Crippen molar-refractivity contribution in [1.29, 1.82) is 0 Å². The predicted molar refractivity (Wildman–Crippen MR) is 83.3 cm³/mol. The van der Waals surface area contributed by atoms with Gasteiger partial charge in [0, 0.05) is 11.9 Å². The summed E-state index contributed by atoms with van der Waals surface area (Å²) < 4.78 is 26.4. The molecule has 0 rings (SSSR count). The zero-order chi connectivity index (χ0) is 14.9. The summed E-state index contributed by atoms with van der Waals surface area (Å²) in [4.78, 5) is 2.34. The first-order chi connectivity index (χ1) is 8.84. The van der Waals surface area contributed by atoms with Crippen LogP contribution in [0.25, 0.3) is 0 Å². The van der Waals surface area contributed by atoms with E-state index in [0.717, 1.165) is 32.5 Å². The summed E-state index contributed by atoms with van der Waals surface area (Å²) in [5, 5.41) is 0. The molecule has 0 spiro atoms. The molecule has 0 aliphatic carbocycles. The molecule has 2 atom stereocenters. The highest BCUT2D eigenvalue weighted by Gasteiger charge is 2.17. The standard InChI is InChI=1S/C13H29ClN2O2S/c1-5-16(6-2)9-7-8-13(4)15-19(17,18)11-12(3)10-14/h12-13,15H,5-11H2,1-4H3. The highest BCUT2D eigenvalue weighted by Crippen LogP contribution is 2.05. The van der Waals surface area contributed by atoms with Crippen LogP contribution in [0.5, 0.6) is 0 Å². The Morgan fingerprint density at radius 1 is 1.21 bits per heavy atom. The van der Waals surface area contributed by atoms with Gasteiger partial charge in [-0.05, 0) is 45.3 Å². The van der Waals surface area contributed by atoms with E-state index in [1.54, 1.807) is 0 Å². The first-order valence-corrected chi connectivity index (χ1v) is 9.31. The summed E-state index contributed by atoms with van der Waals surface area (Å²) in [7, 11) is -3.20. The normalized spacial score (nSPS) is 15.7. The SMILES string of the molecule is CCN(CC)CCCC(C)NS(=O)(=O)CC(C)CCl. The Morgan fingerprint density at radius 3 is 2.26 bits per heavy atom. The van der Waals surface area contributed by atoms with Crippen molar-refractivity contribution in [3.8, 4) is 0 Å². The second kappa shape index (κ2) is 9.97. The van der Waals surface area contributed by atoms with Crippen LogP contribution in [0.1, 0.15) is 40.5 Å². The van der Waals surface area contributed by atoms with Crippen molar-refractivity contribution in [2.75, 3.05) is 31.3 Å². The molecule has 19 heavy (non-hydrogen) atoms. The molecule has 4 nitrogen and oxygen atoms in total. The topological polar surface area (TPSA) is 49.4 Å². The molecule has 0 aromatic heterocycles. The monoisotopic (exact) mass is 312 g/mol. The number of nitrogens with zero attached hydrogens (tertiary/aromatic N) is 1. The van der Waals surface area contributed by atoms with Crippen LogP contribution in [0, 0.1) is 5.92 Å². The second-order valence-electron chi connectivity index (χ2n) is 5.23. The van der Waals surface area contributed by atoms with Crippen LogP contribution in [-0.4, -0.2) is 50.6 Å². The van der Waals surface area contributed by atoms with E-state index >= 15 is 0 Å². The number of halogens is 1. The Bertz CT molecular complexity index is 319. The molecule has 0 aromatic carbocycles. The summed E-state index contributed by atoms with van der Waals surface area (Å²) in [6.07, 6.45) is 1.88. The number of hydrogen-bond donors (Lipinski definition) is 1. The summed E-state index contributed by atoms with van der Waals surface area (Å²) in [6.45, 7) is 11.2. The zero-order valence-electron chi connectivity index (χ0n) is 12.7. The van der Waals surface area contributed by atoms with E-state index in [4.69, 9.17) is 11.6 Å². The van der Waals surface area contributed by atoms with Gasteiger partial charge in [0.15, 0.2) is 0 Å². The van der Waals surface area contributed by atoms with Crippen LogP contribution in [0.4, 0.5) is 0 Å². The van der Waals surface area contributed by atoms with Gasteiger partial charge in [-0.25, -0.2) is 13.1 Å². The maximum Gasteiger partial charge on any atom is 0.212 e. The molecule has 0 radical (unpaired) electrons. The van der Waals surface area contributed by atoms with E-state index in [1.807, 2.05) is 13.8 Å². The molecule has 0 amide bonds. The highest BCUT2D eigenvalue weighted by molar-refractivity contribution is 7.89. The van der Waals surface area contributed by atoms with Gasteiger partial charge in [-0.1, -0.05) is 20.8 Å². The first-order valence-electron chi connectivity index (χ1n) is 7.12. The van der Waals surface area contributed by atoms with Crippen LogP contribution < -0.4 is 4.72 Å². The van der Waals surface area contributed by atoms with Gasteiger partial charge in [0.1, 0.15) is 0 Å². The molecule has 0 saturated heterocycles. The van der Waals surface area contributed by atoms with Crippen molar-refractivity contribution in [2.24, 2.45) is 5.92 Å². The van der Waals surface area contributed by atoms with E-state index in [1.165, 1.54) is 0 Å². The van der Waals surface area contributed by atoms with Crippen molar-refractivity contribution >= 4 is 21.6 Å². The number of alkyl halides is 1. The Kier molecular flexibility index (Phi) is 10.1. The van der Waals surface area contributed by atoms with E-state index in [9.17, 15) is 8.42 Å². The number of hydrogen-bond acceptors (Lipinski definition) is 3. The Balaban J connectivity index is 4.00. The maximum absolute atomic E-state index is 11.8. The zero-order valence-corrected chi connectivity index (χ0v) is 14.2. The van der Waals surface area contributed by atoms with Crippen molar-refractivity contribution in [3.05, 3.63) is 0 Å². The average molecular weight is 313 g/mol. The summed E-state index contributed by atoms with van der Waals surface area (Å²) in [5.74, 6) is 0.468. The fourth-order valence-corrected chi connectivity index (χ4v) is 3.93. The van der Waals surface area contributed by atoms with Crippen molar-refractivity contribution in [3.63, 3.8) is 0 Å². The fourth-order valence-electron chi connectivity index (χ4n) is 1.99. The van der Waals surface area contributed by atoms with Gasteiger partial charge in [0.2, 0.25) is 10.0 Å². The lowest BCUT2D eigenvalue weighted by atomic mass is 10.2. The molecule has 0 aliphatic heterocycles. The molecule has 0 bridgehead atoms. The second-order valence-corrected chi connectivity index (χ2v) is 7.34. The molecule has 2 unspecified atom stereocenters. The first kappa shape index (κ1) is 19.2. The van der Waals surface area contributed by atoms with Gasteiger partial charge in [-0.3, -0.25) is 0 Å². The Morgan fingerprint density at radius 2 is 1.79 bits per heavy atom. The third-order valence-electron chi connectivity index (χ3n) is 3.15. The Hall–Kier alpha value is 0.160. The van der Waals surface area contributed by atoms with Gasteiger partial charge in [0.05, 0.1) is 5.75 Å². The minimum Gasteiger partial charge on any atom is -0.304 e. The quantitative estimate of drug-likeness (QED) is 0.596.